The van der Waals surface area contributed by atoms with E-state index >= 15 is 0 Å². The van der Waals surface area contributed by atoms with Crippen LogP contribution in [-0.4, -0.2) is 48.4 Å². The van der Waals surface area contributed by atoms with Crippen molar-refractivity contribution in [3.63, 3.8) is 0 Å². The van der Waals surface area contributed by atoms with Gasteiger partial charge in [0.25, 0.3) is 0 Å². The van der Waals surface area contributed by atoms with Gasteiger partial charge in [0.15, 0.2) is 0 Å². The predicted molar refractivity (Wildman–Crippen MR) is 92.3 cm³/mol. The zero-order valence-electron chi connectivity index (χ0n) is 12.9. The Balaban J connectivity index is 2.15. The van der Waals surface area contributed by atoms with Gasteiger partial charge >= 0.3 is 0 Å². The van der Waals surface area contributed by atoms with Gasteiger partial charge in [-0.05, 0) is 37.5 Å². The molecule has 1 saturated heterocycles. The fourth-order valence-corrected chi connectivity index (χ4v) is 6.20. The Morgan fingerprint density at radius 1 is 0.789 bits per heavy atom. The highest BCUT2D eigenvalue weighted by atomic mass is 32.2. The molecule has 0 N–H and O–H groups in total. The maximum absolute atomic E-state index is 6.05. The summed E-state index contributed by atoms with van der Waals surface area (Å²) < 4.78 is 12.1. The summed E-state index contributed by atoms with van der Waals surface area (Å²) in [5.41, 5.74) is 0. The molecule has 0 aromatic carbocycles. The van der Waals surface area contributed by atoms with Crippen LogP contribution in [0.1, 0.15) is 40.5 Å². The number of rotatable bonds is 10. The minimum absolute atomic E-state index is 0.152. The van der Waals surface area contributed by atoms with Gasteiger partial charge in [0.05, 0.1) is 13.2 Å². The third-order valence-corrected chi connectivity index (χ3v) is 8.86. The van der Waals surface area contributed by atoms with Crippen LogP contribution in [0.4, 0.5) is 0 Å². The van der Waals surface area contributed by atoms with Gasteiger partial charge in [-0.1, -0.05) is 27.7 Å². The standard InChI is InChI=1S/C14H30O2P2S/c1-5-17(6-2)15-11-13-9-10-14(19-13)12-16-18(7-3)8-4/h13-14H,5-12H2,1-4H3. The van der Waals surface area contributed by atoms with E-state index in [0.29, 0.717) is 10.5 Å². The predicted octanol–water partition coefficient (Wildman–Crippen LogP) is 5.16. The van der Waals surface area contributed by atoms with E-state index in [1.165, 1.54) is 37.5 Å². The van der Waals surface area contributed by atoms with Crippen molar-refractivity contribution in [3.05, 3.63) is 0 Å². The Morgan fingerprint density at radius 3 is 1.47 bits per heavy atom. The fraction of sp³-hybridized carbons (Fsp3) is 1.00. The van der Waals surface area contributed by atoms with E-state index in [2.05, 4.69) is 39.5 Å². The zero-order chi connectivity index (χ0) is 14.1. The molecule has 1 aliphatic rings. The molecule has 0 bridgehead atoms. The second kappa shape index (κ2) is 10.8. The molecule has 0 aromatic heterocycles. The SMILES string of the molecule is CCP(CC)OCC1CCC(COP(CC)CC)S1. The molecule has 114 valence electrons. The molecule has 2 unspecified atom stereocenters. The largest absolute Gasteiger partial charge is 0.358 e. The lowest BCUT2D eigenvalue weighted by Gasteiger charge is -2.18. The highest BCUT2D eigenvalue weighted by Gasteiger charge is 2.26. The summed E-state index contributed by atoms with van der Waals surface area (Å²) >= 11 is 2.11. The molecule has 1 rings (SSSR count). The summed E-state index contributed by atoms with van der Waals surface area (Å²) in [7, 11) is -0.303. The van der Waals surface area contributed by atoms with Crippen molar-refractivity contribution in [3.8, 4) is 0 Å². The first kappa shape index (κ1) is 18.2. The third-order valence-electron chi connectivity index (χ3n) is 3.49. The normalized spacial score (nSPS) is 23.7. The van der Waals surface area contributed by atoms with Crippen molar-refractivity contribution < 1.29 is 9.05 Å². The van der Waals surface area contributed by atoms with Gasteiger partial charge in [-0.2, -0.15) is 11.8 Å². The highest BCUT2D eigenvalue weighted by molar-refractivity contribution is 8.00. The third kappa shape index (κ3) is 7.09. The van der Waals surface area contributed by atoms with Crippen LogP contribution < -0.4 is 0 Å². The van der Waals surface area contributed by atoms with Gasteiger partial charge < -0.3 is 9.05 Å². The van der Waals surface area contributed by atoms with E-state index in [9.17, 15) is 0 Å². The van der Waals surface area contributed by atoms with E-state index in [-0.39, 0.29) is 16.3 Å². The van der Waals surface area contributed by atoms with Crippen LogP contribution in [0.5, 0.6) is 0 Å². The van der Waals surface area contributed by atoms with Crippen molar-refractivity contribution in [1.29, 1.82) is 0 Å². The van der Waals surface area contributed by atoms with Crippen molar-refractivity contribution >= 4 is 28.1 Å². The molecule has 1 heterocycles. The smallest absolute Gasteiger partial charge is 0.0627 e. The van der Waals surface area contributed by atoms with Gasteiger partial charge in [0.1, 0.15) is 0 Å². The molecule has 2 atom stereocenters. The molecular weight excluding hydrogens is 294 g/mol. The van der Waals surface area contributed by atoms with Crippen LogP contribution in [0, 0.1) is 0 Å². The second-order valence-electron chi connectivity index (χ2n) is 4.78. The van der Waals surface area contributed by atoms with E-state index in [4.69, 9.17) is 9.05 Å². The average molecular weight is 324 g/mol. The molecule has 0 aliphatic carbocycles. The van der Waals surface area contributed by atoms with Crippen LogP contribution in [0.25, 0.3) is 0 Å². The summed E-state index contributed by atoms with van der Waals surface area (Å²) in [6, 6.07) is 0. The van der Waals surface area contributed by atoms with Crippen LogP contribution in [-0.2, 0) is 9.05 Å². The molecule has 5 heteroatoms. The maximum Gasteiger partial charge on any atom is 0.0627 e. The summed E-state index contributed by atoms with van der Waals surface area (Å²) in [6.45, 7) is 10.9. The lowest BCUT2D eigenvalue weighted by Crippen LogP contribution is -2.09. The number of hydrogen-bond donors (Lipinski definition) is 0. The first-order valence-electron chi connectivity index (χ1n) is 7.64. The molecule has 2 nitrogen and oxygen atoms in total. The Morgan fingerprint density at radius 2 is 1.16 bits per heavy atom. The minimum Gasteiger partial charge on any atom is -0.358 e. The van der Waals surface area contributed by atoms with Crippen molar-refractivity contribution in [2.45, 2.75) is 51.0 Å². The summed E-state index contributed by atoms with van der Waals surface area (Å²) in [5.74, 6) is 0. The van der Waals surface area contributed by atoms with Crippen LogP contribution >= 0.6 is 28.1 Å². The monoisotopic (exact) mass is 324 g/mol. The zero-order valence-corrected chi connectivity index (χ0v) is 15.5. The van der Waals surface area contributed by atoms with E-state index in [0.717, 1.165) is 13.2 Å². The van der Waals surface area contributed by atoms with Crippen LogP contribution in [0.15, 0.2) is 0 Å². The fourth-order valence-electron chi connectivity index (χ4n) is 2.21. The highest BCUT2D eigenvalue weighted by Crippen LogP contribution is 2.42. The lowest BCUT2D eigenvalue weighted by molar-refractivity contribution is 0.338. The maximum atomic E-state index is 6.05. The molecular formula is C14H30O2P2S. The lowest BCUT2D eigenvalue weighted by atomic mass is 10.2. The van der Waals surface area contributed by atoms with E-state index in [1.54, 1.807) is 0 Å². The van der Waals surface area contributed by atoms with E-state index < -0.39 is 0 Å². The number of thioether (sulfide) groups is 1. The second-order valence-corrected chi connectivity index (χ2v) is 11.4. The summed E-state index contributed by atoms with van der Waals surface area (Å²) in [5, 5.41) is 1.43. The summed E-state index contributed by atoms with van der Waals surface area (Å²) in [4.78, 5) is 0. The average Bonchev–Trinajstić information content (AvgIpc) is 2.89. The molecule has 0 radical (unpaired) electrons. The first-order chi connectivity index (χ1) is 9.23. The summed E-state index contributed by atoms with van der Waals surface area (Å²) in [6.07, 6.45) is 7.43. The van der Waals surface area contributed by atoms with Gasteiger partial charge in [-0.3, -0.25) is 0 Å². The van der Waals surface area contributed by atoms with Gasteiger partial charge in [-0.25, -0.2) is 0 Å². The Hall–Kier alpha value is 1.13. The molecule has 19 heavy (non-hydrogen) atoms. The first-order valence-corrected chi connectivity index (χ1v) is 11.8. The quantitative estimate of drug-likeness (QED) is 0.517. The molecule has 0 saturated carbocycles. The molecule has 0 spiro atoms. The van der Waals surface area contributed by atoms with Crippen LogP contribution in [0.3, 0.4) is 0 Å². The Bertz CT molecular complexity index is 201. The topological polar surface area (TPSA) is 18.5 Å². The Kier molecular flexibility index (Phi) is 10.3. The number of hydrogen-bond acceptors (Lipinski definition) is 3. The molecule has 0 amide bonds. The van der Waals surface area contributed by atoms with E-state index in [1.807, 2.05) is 0 Å². The van der Waals surface area contributed by atoms with Crippen molar-refractivity contribution in [1.82, 2.24) is 0 Å². The Labute approximate surface area is 126 Å². The van der Waals surface area contributed by atoms with Gasteiger partial charge in [-0.15, -0.1) is 0 Å². The van der Waals surface area contributed by atoms with Gasteiger partial charge in [0.2, 0.25) is 0 Å². The van der Waals surface area contributed by atoms with Crippen LogP contribution in [0.2, 0.25) is 0 Å². The van der Waals surface area contributed by atoms with Gasteiger partial charge in [0, 0.05) is 26.8 Å². The van der Waals surface area contributed by atoms with Crippen molar-refractivity contribution in [2.24, 2.45) is 0 Å². The molecule has 0 aromatic rings. The van der Waals surface area contributed by atoms with Crippen molar-refractivity contribution in [2.75, 3.05) is 37.9 Å². The molecule has 1 fully saturated rings. The minimum atomic E-state index is -0.152. The molecule has 1 aliphatic heterocycles.